The van der Waals surface area contributed by atoms with E-state index in [1.165, 1.54) is 0 Å². The number of carboxylic acids is 1. The average molecular weight is 257 g/mol. The first kappa shape index (κ1) is 15.7. The molecule has 0 aromatic carbocycles. The molecule has 1 aromatic heterocycles. The lowest BCUT2D eigenvalue weighted by Crippen LogP contribution is -2.30. The quantitative estimate of drug-likeness (QED) is 0.668. The summed E-state index contributed by atoms with van der Waals surface area (Å²) in [4.78, 5) is 17.0. The number of aromatic amines is 1. The lowest BCUT2D eigenvalue weighted by molar-refractivity contribution is -0.138. The molecule has 1 heterocycles. The summed E-state index contributed by atoms with van der Waals surface area (Å²) in [5, 5.41) is 8.27. The van der Waals surface area contributed by atoms with Gasteiger partial charge in [-0.25, -0.2) is 4.98 Å². The number of aliphatic carboxylic acids is 1. The van der Waals surface area contributed by atoms with Crippen LogP contribution >= 0.6 is 11.8 Å². The van der Waals surface area contributed by atoms with Crippen molar-refractivity contribution in [3.8, 4) is 0 Å². The van der Waals surface area contributed by atoms with Gasteiger partial charge in [0.2, 0.25) is 0 Å². The van der Waals surface area contributed by atoms with E-state index in [1.54, 1.807) is 24.2 Å². The molecular weight excluding hydrogens is 238 g/mol. The number of nitrogens with two attached hydrogens (primary N) is 1. The van der Waals surface area contributed by atoms with Crippen molar-refractivity contribution in [2.75, 3.05) is 12.0 Å². The molecule has 0 aliphatic carbocycles. The van der Waals surface area contributed by atoms with E-state index in [0.717, 1.165) is 18.0 Å². The van der Waals surface area contributed by atoms with Gasteiger partial charge in [0.25, 0.3) is 0 Å². The van der Waals surface area contributed by atoms with E-state index in [-0.39, 0.29) is 0 Å². The van der Waals surface area contributed by atoms with Crippen molar-refractivity contribution in [2.45, 2.75) is 18.9 Å². The molecule has 0 fully saturated rings. The van der Waals surface area contributed by atoms with Crippen LogP contribution in [0.15, 0.2) is 25.0 Å². The van der Waals surface area contributed by atoms with Gasteiger partial charge in [-0.2, -0.15) is 11.8 Å². The fourth-order valence-corrected chi connectivity index (χ4v) is 1.40. The van der Waals surface area contributed by atoms with E-state index in [1.807, 2.05) is 12.3 Å². The molecule has 0 aliphatic heterocycles. The zero-order chi connectivity index (χ0) is 13.1. The lowest BCUT2D eigenvalue weighted by Gasteiger charge is -2.02. The van der Waals surface area contributed by atoms with Crippen molar-refractivity contribution in [3.05, 3.63) is 30.9 Å². The first-order valence-electron chi connectivity index (χ1n) is 5.18. The number of allylic oxidation sites excluding steroid dienone is 1. The predicted octanol–water partition coefficient (Wildman–Crippen LogP) is 1.29. The Hall–Kier alpha value is -1.27. The topological polar surface area (TPSA) is 92.0 Å². The Bertz CT molecular complexity index is 315. The van der Waals surface area contributed by atoms with Crippen molar-refractivity contribution in [1.29, 1.82) is 0 Å². The summed E-state index contributed by atoms with van der Waals surface area (Å²) in [7, 11) is 0. The number of thioether (sulfide) groups is 1. The van der Waals surface area contributed by atoms with E-state index < -0.39 is 12.0 Å². The summed E-state index contributed by atoms with van der Waals surface area (Å²) in [6.45, 7) is 3.58. The van der Waals surface area contributed by atoms with E-state index >= 15 is 0 Å². The van der Waals surface area contributed by atoms with Gasteiger partial charge in [-0.3, -0.25) is 4.79 Å². The van der Waals surface area contributed by atoms with Gasteiger partial charge in [-0.15, -0.1) is 6.58 Å². The van der Waals surface area contributed by atoms with Gasteiger partial charge in [0.1, 0.15) is 11.9 Å². The van der Waals surface area contributed by atoms with E-state index in [2.05, 4.69) is 16.5 Å². The lowest BCUT2D eigenvalue weighted by atomic mass is 10.2. The molecular formula is C11H19N3O2S. The highest BCUT2D eigenvalue weighted by Gasteiger charge is 2.08. The highest BCUT2D eigenvalue weighted by molar-refractivity contribution is 7.98. The molecule has 0 spiro atoms. The molecule has 1 rings (SSSR count). The first-order chi connectivity index (χ1) is 8.11. The smallest absolute Gasteiger partial charge is 0.320 e. The van der Waals surface area contributed by atoms with E-state index in [4.69, 9.17) is 10.8 Å². The third kappa shape index (κ3) is 8.53. The molecule has 96 valence electrons. The molecule has 1 atom stereocenters. The number of carboxylic acid groups (broad SMARTS) is 1. The number of hydrogen-bond acceptors (Lipinski definition) is 4. The van der Waals surface area contributed by atoms with Gasteiger partial charge < -0.3 is 15.8 Å². The maximum atomic E-state index is 10.1. The Morgan fingerprint density at radius 2 is 2.53 bits per heavy atom. The maximum Gasteiger partial charge on any atom is 0.320 e. The molecule has 5 nitrogen and oxygen atoms in total. The molecule has 0 amide bonds. The normalized spacial score (nSPS) is 11.2. The van der Waals surface area contributed by atoms with Gasteiger partial charge in [0.15, 0.2) is 0 Å². The van der Waals surface area contributed by atoms with Gasteiger partial charge in [0, 0.05) is 18.8 Å². The maximum absolute atomic E-state index is 10.1. The van der Waals surface area contributed by atoms with Crippen molar-refractivity contribution in [1.82, 2.24) is 9.97 Å². The Morgan fingerprint density at radius 1 is 1.82 bits per heavy atom. The molecule has 0 radical (unpaired) electrons. The molecule has 0 bridgehead atoms. The summed E-state index contributed by atoms with van der Waals surface area (Å²) >= 11 is 1.60. The SMILES string of the molecule is C=CCc1ncc[nH]1.CSCCC(N)C(=O)O. The van der Waals surface area contributed by atoms with E-state index in [9.17, 15) is 4.79 Å². The Balaban J connectivity index is 0.000000302. The van der Waals surface area contributed by atoms with Gasteiger partial charge in [-0.1, -0.05) is 6.08 Å². The van der Waals surface area contributed by atoms with E-state index in [0.29, 0.717) is 6.42 Å². The van der Waals surface area contributed by atoms with Crippen molar-refractivity contribution >= 4 is 17.7 Å². The van der Waals surface area contributed by atoms with Crippen LogP contribution in [0.2, 0.25) is 0 Å². The number of H-pyrrole nitrogens is 1. The van der Waals surface area contributed by atoms with Crippen LogP contribution in [0.3, 0.4) is 0 Å². The second kappa shape index (κ2) is 9.92. The fourth-order valence-electron chi connectivity index (χ4n) is 0.915. The minimum atomic E-state index is -0.913. The molecule has 6 heteroatoms. The summed E-state index contributed by atoms with van der Waals surface area (Å²) in [5.74, 6) is 0.872. The third-order valence-electron chi connectivity index (χ3n) is 1.84. The van der Waals surface area contributed by atoms with Gasteiger partial charge in [0.05, 0.1) is 0 Å². The molecule has 1 aromatic rings. The molecule has 17 heavy (non-hydrogen) atoms. The minimum absolute atomic E-state index is 0.552. The molecule has 4 N–H and O–H groups in total. The largest absolute Gasteiger partial charge is 0.480 e. The van der Waals surface area contributed by atoms with Crippen molar-refractivity contribution < 1.29 is 9.90 Å². The van der Waals surface area contributed by atoms with Crippen LogP contribution in [-0.4, -0.2) is 39.1 Å². The third-order valence-corrected chi connectivity index (χ3v) is 2.49. The number of aromatic nitrogens is 2. The Kier molecular flexibility index (Phi) is 9.18. The highest BCUT2D eigenvalue weighted by Crippen LogP contribution is 1.97. The number of hydrogen-bond donors (Lipinski definition) is 3. The Morgan fingerprint density at radius 3 is 2.94 bits per heavy atom. The zero-order valence-corrected chi connectivity index (χ0v) is 10.7. The molecule has 0 aliphatic rings. The number of rotatable bonds is 6. The second-order valence-electron chi connectivity index (χ2n) is 3.25. The van der Waals surface area contributed by atoms with Gasteiger partial charge >= 0.3 is 5.97 Å². The fraction of sp³-hybridized carbons (Fsp3) is 0.455. The minimum Gasteiger partial charge on any atom is -0.480 e. The summed E-state index contributed by atoms with van der Waals surface area (Å²) in [6.07, 6.45) is 8.66. The highest BCUT2D eigenvalue weighted by atomic mass is 32.2. The Labute approximate surface area is 106 Å². The number of nitrogens with zero attached hydrogens (tertiary/aromatic N) is 1. The summed E-state index contributed by atoms with van der Waals surface area (Å²) in [5.41, 5.74) is 5.19. The van der Waals surface area contributed by atoms with Crippen LogP contribution in [0.5, 0.6) is 0 Å². The van der Waals surface area contributed by atoms with Crippen LogP contribution in [0, 0.1) is 0 Å². The first-order valence-corrected chi connectivity index (χ1v) is 6.57. The van der Waals surface area contributed by atoms with Crippen LogP contribution in [-0.2, 0) is 11.2 Å². The summed E-state index contributed by atoms with van der Waals surface area (Å²) in [6, 6.07) is -0.683. The predicted molar refractivity (Wildman–Crippen MR) is 71.1 cm³/mol. The monoisotopic (exact) mass is 257 g/mol. The van der Waals surface area contributed by atoms with Gasteiger partial charge in [-0.05, 0) is 18.4 Å². The molecule has 1 unspecified atom stereocenters. The van der Waals surface area contributed by atoms with Crippen LogP contribution < -0.4 is 5.73 Å². The number of carbonyl (C=O) groups is 1. The zero-order valence-electron chi connectivity index (χ0n) is 9.93. The van der Waals surface area contributed by atoms with Crippen molar-refractivity contribution in [3.63, 3.8) is 0 Å². The van der Waals surface area contributed by atoms with Crippen LogP contribution in [0.25, 0.3) is 0 Å². The second-order valence-corrected chi connectivity index (χ2v) is 4.24. The average Bonchev–Trinajstić information content (AvgIpc) is 2.80. The molecule has 0 saturated carbocycles. The summed E-state index contributed by atoms with van der Waals surface area (Å²) < 4.78 is 0. The standard InChI is InChI=1S/C6H8N2.C5H11NO2S/c1-2-3-6-7-4-5-8-6;1-9-3-2-4(6)5(7)8/h2,4-5H,1,3H2,(H,7,8);4H,2-3,6H2,1H3,(H,7,8). The molecule has 0 saturated heterocycles. The van der Waals surface area contributed by atoms with Crippen LogP contribution in [0.1, 0.15) is 12.2 Å². The number of nitrogens with one attached hydrogen (secondary N) is 1. The van der Waals surface area contributed by atoms with Crippen LogP contribution in [0.4, 0.5) is 0 Å². The van der Waals surface area contributed by atoms with Crippen molar-refractivity contribution in [2.24, 2.45) is 5.73 Å². The number of imidazole rings is 1.